The summed E-state index contributed by atoms with van der Waals surface area (Å²) in [5.41, 5.74) is 5.65. The van der Waals surface area contributed by atoms with Crippen LogP contribution in [0.1, 0.15) is 59.1 Å². The Morgan fingerprint density at radius 2 is 1.86 bits per heavy atom. The lowest BCUT2D eigenvalue weighted by Gasteiger charge is -2.40. The number of halogens is 1. The van der Waals surface area contributed by atoms with Crippen LogP contribution in [0.2, 0.25) is 0 Å². The fraction of sp³-hybridized carbons (Fsp3) is 0.481. The van der Waals surface area contributed by atoms with Crippen LogP contribution in [0.3, 0.4) is 0 Å². The van der Waals surface area contributed by atoms with E-state index in [0.717, 1.165) is 59.8 Å². The van der Waals surface area contributed by atoms with E-state index < -0.39 is 12.3 Å². The predicted octanol–water partition coefficient (Wildman–Crippen LogP) is 4.73. The van der Waals surface area contributed by atoms with Gasteiger partial charge in [-0.15, -0.1) is 5.10 Å². The highest BCUT2D eigenvalue weighted by Gasteiger charge is 2.38. The number of aromatic nitrogens is 4. The minimum Gasteiger partial charge on any atom is -0.374 e. The zero-order valence-corrected chi connectivity index (χ0v) is 21.0. The number of ether oxygens (including phenoxy) is 1. The number of anilines is 1. The van der Waals surface area contributed by atoms with E-state index in [-0.39, 0.29) is 5.92 Å². The van der Waals surface area contributed by atoms with E-state index in [0.29, 0.717) is 24.6 Å². The van der Waals surface area contributed by atoms with Crippen molar-refractivity contribution in [3.63, 3.8) is 0 Å². The first-order valence-corrected chi connectivity index (χ1v) is 12.1. The second-order valence-corrected chi connectivity index (χ2v) is 9.73. The number of methoxy groups -OCH3 is 1. The van der Waals surface area contributed by atoms with E-state index >= 15 is 0 Å². The maximum Gasteiger partial charge on any atom is 0.266 e. The summed E-state index contributed by atoms with van der Waals surface area (Å²) >= 11 is 0. The van der Waals surface area contributed by atoms with Crippen LogP contribution in [-0.2, 0) is 41.9 Å². The van der Waals surface area contributed by atoms with Crippen molar-refractivity contribution < 1.29 is 13.9 Å². The minimum absolute atomic E-state index is 0.0958. The van der Waals surface area contributed by atoms with Crippen LogP contribution in [0.15, 0.2) is 36.4 Å². The molecule has 186 valence electrons. The number of aryl methyl sites for hydroxylation is 3. The molecule has 0 amide bonds. The Labute approximate surface area is 206 Å². The molecular formula is C27H34FN5O2. The van der Waals surface area contributed by atoms with Gasteiger partial charge in [-0.05, 0) is 67.0 Å². The first-order chi connectivity index (χ1) is 16.9. The van der Waals surface area contributed by atoms with Gasteiger partial charge in [0.15, 0.2) is 0 Å². The molecule has 0 spiro atoms. The quantitative estimate of drug-likeness (QED) is 0.413. The number of nitrogens with zero attached hydrogens (tertiary/aromatic N) is 5. The molecule has 8 heteroatoms. The Bertz CT molecular complexity index is 1170. The van der Waals surface area contributed by atoms with Crippen LogP contribution in [0.4, 0.5) is 10.3 Å². The summed E-state index contributed by atoms with van der Waals surface area (Å²) in [4.78, 5) is 14.9. The van der Waals surface area contributed by atoms with Gasteiger partial charge in [0.2, 0.25) is 0 Å². The van der Waals surface area contributed by atoms with Gasteiger partial charge in [0, 0.05) is 26.1 Å². The summed E-state index contributed by atoms with van der Waals surface area (Å²) in [6.07, 6.45) is 4.30. The van der Waals surface area contributed by atoms with Gasteiger partial charge in [-0.3, -0.25) is 0 Å². The van der Waals surface area contributed by atoms with Crippen molar-refractivity contribution in [3.8, 4) is 0 Å². The molecular weight excluding hydrogens is 445 g/mol. The van der Waals surface area contributed by atoms with E-state index in [4.69, 9.17) is 4.74 Å². The number of rotatable bonds is 9. The fourth-order valence-electron chi connectivity index (χ4n) is 5.26. The number of tetrazole rings is 1. The molecule has 1 saturated carbocycles. The maximum absolute atomic E-state index is 13.4. The van der Waals surface area contributed by atoms with E-state index in [1.54, 1.807) is 14.2 Å². The third-order valence-corrected chi connectivity index (χ3v) is 7.04. The van der Waals surface area contributed by atoms with Crippen molar-refractivity contribution in [1.29, 1.82) is 0 Å². The van der Waals surface area contributed by atoms with E-state index in [1.165, 1.54) is 4.80 Å². The maximum atomic E-state index is 13.4. The number of benzene rings is 2. The Balaban J connectivity index is 1.71. The molecule has 1 fully saturated rings. The number of aldehydes is 1. The largest absolute Gasteiger partial charge is 0.374 e. The molecule has 1 aliphatic rings. The smallest absolute Gasteiger partial charge is 0.266 e. The van der Waals surface area contributed by atoms with E-state index in [2.05, 4.69) is 51.5 Å². The summed E-state index contributed by atoms with van der Waals surface area (Å²) in [7, 11) is 3.50. The Morgan fingerprint density at radius 1 is 1.11 bits per heavy atom. The van der Waals surface area contributed by atoms with E-state index in [1.807, 2.05) is 19.1 Å². The lowest BCUT2D eigenvalue weighted by molar-refractivity contribution is -0.115. The van der Waals surface area contributed by atoms with Gasteiger partial charge in [0.25, 0.3) is 5.95 Å². The second-order valence-electron chi connectivity index (χ2n) is 9.73. The molecule has 0 bridgehead atoms. The standard InChI is InChI=1S/C27H34FN5O2/c1-19-5-6-25(27(35-4)9-7-21(18-34)8-10-27)24(13-19)17-33(26-29-31-32(3)30-26)16-23-12-20(2)11-22(14-23)15-28/h5-6,11-14,18,21H,7-10,15-17H2,1-4H3. The summed E-state index contributed by atoms with van der Waals surface area (Å²) in [6, 6.07) is 12.3. The molecule has 1 heterocycles. The molecule has 0 aliphatic heterocycles. The van der Waals surface area contributed by atoms with Crippen LogP contribution in [-0.4, -0.2) is 33.6 Å². The van der Waals surface area contributed by atoms with Gasteiger partial charge >= 0.3 is 0 Å². The average molecular weight is 480 g/mol. The third-order valence-electron chi connectivity index (χ3n) is 7.04. The van der Waals surface area contributed by atoms with Gasteiger partial charge in [-0.25, -0.2) is 4.39 Å². The highest BCUT2D eigenvalue weighted by atomic mass is 19.1. The minimum atomic E-state index is -0.502. The normalized spacial score (nSPS) is 20.1. The molecule has 0 atom stereocenters. The lowest BCUT2D eigenvalue weighted by atomic mass is 9.74. The van der Waals surface area contributed by atoms with Gasteiger partial charge in [0.05, 0.1) is 12.6 Å². The summed E-state index contributed by atoms with van der Waals surface area (Å²) < 4.78 is 19.6. The van der Waals surface area contributed by atoms with Crippen molar-refractivity contribution in [3.05, 3.63) is 69.8 Å². The lowest BCUT2D eigenvalue weighted by Crippen LogP contribution is -2.36. The third kappa shape index (κ3) is 5.59. The Morgan fingerprint density at radius 3 is 2.49 bits per heavy atom. The molecule has 0 saturated heterocycles. The van der Waals surface area contributed by atoms with E-state index in [9.17, 15) is 9.18 Å². The van der Waals surface area contributed by atoms with Crippen molar-refractivity contribution in [2.75, 3.05) is 12.0 Å². The van der Waals surface area contributed by atoms with Crippen LogP contribution in [0.25, 0.3) is 0 Å². The van der Waals surface area contributed by atoms with Gasteiger partial charge in [0.1, 0.15) is 13.0 Å². The number of carbonyl (C=O) groups is 1. The average Bonchev–Trinajstić information content (AvgIpc) is 3.29. The number of hydrogen-bond acceptors (Lipinski definition) is 6. The molecule has 1 aromatic heterocycles. The molecule has 0 unspecified atom stereocenters. The molecule has 0 N–H and O–H groups in total. The predicted molar refractivity (Wildman–Crippen MR) is 133 cm³/mol. The van der Waals surface area contributed by atoms with Gasteiger partial charge < -0.3 is 14.4 Å². The molecule has 3 aromatic rings. The molecule has 7 nitrogen and oxygen atoms in total. The molecule has 2 aromatic carbocycles. The Hall–Kier alpha value is -3.13. The Kier molecular flexibility index (Phi) is 7.60. The summed E-state index contributed by atoms with van der Waals surface area (Å²) in [5, 5.41) is 12.8. The zero-order chi connectivity index (χ0) is 25.0. The summed E-state index contributed by atoms with van der Waals surface area (Å²) in [6.45, 7) is 4.61. The van der Waals surface area contributed by atoms with Crippen molar-refractivity contribution >= 4 is 12.2 Å². The highest BCUT2D eigenvalue weighted by Crippen LogP contribution is 2.43. The van der Waals surface area contributed by atoms with Crippen LogP contribution < -0.4 is 4.90 Å². The topological polar surface area (TPSA) is 73.1 Å². The van der Waals surface area contributed by atoms with Gasteiger partial charge in [-0.2, -0.15) is 4.80 Å². The van der Waals surface area contributed by atoms with Gasteiger partial charge in [-0.1, -0.05) is 52.6 Å². The van der Waals surface area contributed by atoms with Crippen LogP contribution in [0, 0.1) is 19.8 Å². The first kappa shape index (κ1) is 25.0. The second kappa shape index (κ2) is 10.6. The first-order valence-electron chi connectivity index (χ1n) is 12.1. The number of alkyl halides is 1. The monoisotopic (exact) mass is 479 g/mol. The van der Waals surface area contributed by atoms with Crippen molar-refractivity contribution in [2.45, 2.75) is 64.9 Å². The number of carbonyl (C=O) groups excluding carboxylic acids is 1. The number of hydrogen-bond donors (Lipinski definition) is 0. The van der Waals surface area contributed by atoms with Crippen LogP contribution >= 0.6 is 0 Å². The highest BCUT2D eigenvalue weighted by molar-refractivity contribution is 5.54. The molecule has 1 aliphatic carbocycles. The summed E-state index contributed by atoms with van der Waals surface area (Å²) in [5.74, 6) is 0.609. The van der Waals surface area contributed by atoms with Crippen LogP contribution in [0.5, 0.6) is 0 Å². The fourth-order valence-corrected chi connectivity index (χ4v) is 5.26. The molecule has 4 rings (SSSR count). The zero-order valence-electron chi connectivity index (χ0n) is 21.0. The SMILES string of the molecule is COC1(c2ccc(C)cc2CN(Cc2cc(C)cc(CF)c2)c2nnn(C)n2)CCC(C=O)CC1. The van der Waals surface area contributed by atoms with Crippen molar-refractivity contribution in [2.24, 2.45) is 13.0 Å². The van der Waals surface area contributed by atoms with Crippen molar-refractivity contribution in [1.82, 2.24) is 20.2 Å². The molecule has 0 radical (unpaired) electrons. The molecule has 35 heavy (non-hydrogen) atoms.